The third-order valence-electron chi connectivity index (χ3n) is 1.18. The lowest BCUT2D eigenvalue weighted by molar-refractivity contribution is 0.0598. The van der Waals surface area contributed by atoms with E-state index < -0.39 is 12.9 Å². The van der Waals surface area contributed by atoms with E-state index in [2.05, 4.69) is 41.7 Å². The fourth-order valence-electron chi connectivity index (χ4n) is 0.643. The average molecular weight is 301 g/mol. The molecule has 0 aliphatic heterocycles. The number of methoxy groups -OCH3 is 1. The zero-order chi connectivity index (χ0) is 11.8. The van der Waals surface area contributed by atoms with Crippen LogP contribution in [0.3, 0.4) is 0 Å². The lowest BCUT2D eigenvalue weighted by atomic mass is 10.4. The van der Waals surface area contributed by atoms with E-state index in [0.717, 1.165) is 4.68 Å². The Hall–Kier alpha value is -0.360. The van der Waals surface area contributed by atoms with Crippen LogP contribution in [0.1, 0.15) is 14.5 Å². The van der Waals surface area contributed by atoms with Crippen molar-refractivity contribution in [1.82, 2.24) is 9.78 Å². The normalized spacial score (nSPS) is 14.8. The maximum absolute atomic E-state index is 11.3. The van der Waals surface area contributed by atoms with Gasteiger partial charge in [-0.25, -0.2) is 4.79 Å². The van der Waals surface area contributed by atoms with E-state index >= 15 is 0 Å². The molecule has 0 spiro atoms. The van der Waals surface area contributed by atoms with Crippen molar-refractivity contribution in [2.24, 2.45) is 6.98 Å². The minimum absolute atomic E-state index is 0.0497. The molecule has 12 heavy (non-hydrogen) atoms. The van der Waals surface area contributed by atoms with Crippen LogP contribution in [0, 0.1) is 0 Å². The third kappa shape index (κ3) is 1.54. The van der Waals surface area contributed by atoms with Crippen LogP contribution in [0.2, 0.25) is 0 Å². The van der Waals surface area contributed by atoms with Crippen molar-refractivity contribution in [1.29, 1.82) is 0 Å². The molecule has 1 aromatic heterocycles. The molecule has 0 saturated carbocycles. The summed E-state index contributed by atoms with van der Waals surface area (Å²) in [6.45, 7) is -2.45. The van der Waals surface area contributed by atoms with Crippen molar-refractivity contribution >= 4 is 37.8 Å². The number of aromatic nitrogens is 2. The molecule has 1 rings (SSSR count). The highest BCUT2D eigenvalue weighted by molar-refractivity contribution is 9.11. The standard InChI is InChI=1S/C6H6Br2N2O2/c1-10-5(8)3(4(7)9-10)6(11)12-2/h1-2H3/i1D3. The smallest absolute Gasteiger partial charge is 0.343 e. The van der Waals surface area contributed by atoms with Crippen molar-refractivity contribution < 1.29 is 13.6 Å². The van der Waals surface area contributed by atoms with E-state index in [0.29, 0.717) is 0 Å². The summed E-state index contributed by atoms with van der Waals surface area (Å²) in [6.07, 6.45) is 0. The Kier molecular flexibility index (Phi) is 1.83. The van der Waals surface area contributed by atoms with Gasteiger partial charge in [-0.05, 0) is 31.9 Å². The quantitative estimate of drug-likeness (QED) is 0.742. The van der Waals surface area contributed by atoms with E-state index in [9.17, 15) is 4.79 Å². The Morgan fingerprint density at radius 3 is 2.83 bits per heavy atom. The van der Waals surface area contributed by atoms with Crippen LogP contribution >= 0.6 is 31.9 Å². The lowest BCUT2D eigenvalue weighted by Crippen LogP contribution is -2.01. The second-order valence-corrected chi connectivity index (χ2v) is 3.36. The van der Waals surface area contributed by atoms with Crippen LogP contribution in [-0.2, 0) is 11.7 Å². The number of carbonyl (C=O) groups excluding carboxylic acids is 1. The molecular weight excluding hydrogens is 292 g/mol. The topological polar surface area (TPSA) is 44.1 Å². The molecule has 0 radical (unpaired) electrons. The summed E-state index contributed by atoms with van der Waals surface area (Å²) in [5.41, 5.74) is 0.0497. The number of hydrogen-bond acceptors (Lipinski definition) is 3. The number of aryl methyl sites for hydroxylation is 1. The molecule has 0 atom stereocenters. The number of halogens is 2. The summed E-state index contributed by atoms with van der Waals surface area (Å²) < 4.78 is 26.9. The van der Waals surface area contributed by atoms with Gasteiger partial charge in [-0.1, -0.05) is 0 Å². The zero-order valence-corrected chi connectivity index (χ0v) is 9.14. The first-order valence-corrected chi connectivity index (χ1v) is 4.40. The highest BCUT2D eigenvalue weighted by Crippen LogP contribution is 2.24. The van der Waals surface area contributed by atoms with Crippen LogP contribution in [-0.4, -0.2) is 22.9 Å². The van der Waals surface area contributed by atoms with E-state index in [-0.39, 0.29) is 14.8 Å². The Labute approximate surface area is 90.4 Å². The molecule has 0 unspecified atom stereocenters. The number of esters is 1. The summed E-state index contributed by atoms with van der Waals surface area (Å²) in [7, 11) is 1.20. The summed E-state index contributed by atoms with van der Waals surface area (Å²) in [5, 5.41) is 3.67. The first-order chi connectivity index (χ1) is 6.79. The molecule has 4 nitrogen and oxygen atoms in total. The van der Waals surface area contributed by atoms with Crippen molar-refractivity contribution in [2.75, 3.05) is 7.11 Å². The molecule has 0 aromatic carbocycles. The molecule has 1 heterocycles. The summed E-state index contributed by atoms with van der Waals surface area (Å²) in [6, 6.07) is 0. The number of rotatable bonds is 1. The first kappa shape index (κ1) is 6.15. The van der Waals surface area contributed by atoms with E-state index in [1.165, 1.54) is 7.11 Å². The van der Waals surface area contributed by atoms with Gasteiger partial charge >= 0.3 is 5.97 Å². The Bertz CT molecular complexity index is 402. The van der Waals surface area contributed by atoms with Gasteiger partial charge in [0.2, 0.25) is 0 Å². The van der Waals surface area contributed by atoms with Crippen LogP contribution in [0.4, 0.5) is 0 Å². The van der Waals surface area contributed by atoms with Crippen LogP contribution in [0.5, 0.6) is 0 Å². The fraction of sp³-hybridized carbons (Fsp3) is 0.333. The first-order valence-electron chi connectivity index (χ1n) is 4.32. The highest BCUT2D eigenvalue weighted by Gasteiger charge is 2.19. The minimum Gasteiger partial charge on any atom is -0.465 e. The van der Waals surface area contributed by atoms with E-state index in [1.807, 2.05) is 0 Å². The maximum Gasteiger partial charge on any atom is 0.343 e. The maximum atomic E-state index is 11.3. The Morgan fingerprint density at radius 2 is 2.42 bits per heavy atom. The van der Waals surface area contributed by atoms with Crippen molar-refractivity contribution in [3.8, 4) is 0 Å². The van der Waals surface area contributed by atoms with Crippen molar-refractivity contribution in [3.63, 3.8) is 0 Å². The van der Waals surface area contributed by atoms with Gasteiger partial charge in [-0.2, -0.15) is 5.10 Å². The van der Waals surface area contributed by atoms with Gasteiger partial charge in [0.1, 0.15) is 14.8 Å². The van der Waals surface area contributed by atoms with Gasteiger partial charge in [0.05, 0.1) is 7.11 Å². The Balaban J connectivity index is 3.33. The monoisotopic (exact) mass is 299 g/mol. The highest BCUT2D eigenvalue weighted by atomic mass is 79.9. The summed E-state index contributed by atoms with van der Waals surface area (Å²) in [4.78, 5) is 11.3. The lowest BCUT2D eigenvalue weighted by Gasteiger charge is -1.96. The molecule has 6 heteroatoms. The predicted molar refractivity (Wildman–Crippen MR) is 49.9 cm³/mol. The number of hydrogen-bond donors (Lipinski definition) is 0. The zero-order valence-electron chi connectivity index (χ0n) is 8.97. The molecule has 0 aliphatic rings. The molecule has 66 valence electrons. The van der Waals surface area contributed by atoms with Crippen LogP contribution in [0.15, 0.2) is 9.21 Å². The molecular formula is C6H6Br2N2O2. The van der Waals surface area contributed by atoms with Crippen molar-refractivity contribution in [3.05, 3.63) is 14.8 Å². The van der Waals surface area contributed by atoms with Gasteiger partial charge in [0, 0.05) is 11.1 Å². The molecule has 0 fully saturated rings. The second kappa shape index (κ2) is 3.57. The fourth-order valence-corrected chi connectivity index (χ4v) is 1.85. The number of ether oxygens (including phenoxy) is 1. The number of nitrogens with zero attached hydrogens (tertiary/aromatic N) is 2. The molecule has 0 N–H and O–H groups in total. The van der Waals surface area contributed by atoms with Crippen LogP contribution < -0.4 is 0 Å². The molecule has 0 saturated heterocycles. The van der Waals surface area contributed by atoms with Gasteiger partial charge < -0.3 is 4.74 Å². The van der Waals surface area contributed by atoms with Gasteiger partial charge in [0.25, 0.3) is 0 Å². The predicted octanol–water partition coefficient (Wildman–Crippen LogP) is 1.73. The molecule has 0 aliphatic carbocycles. The van der Waals surface area contributed by atoms with Gasteiger partial charge in [-0.3, -0.25) is 4.68 Å². The second-order valence-electron chi connectivity index (χ2n) is 1.86. The Morgan fingerprint density at radius 1 is 1.75 bits per heavy atom. The van der Waals surface area contributed by atoms with Crippen LogP contribution in [0.25, 0.3) is 0 Å². The molecule has 1 aromatic rings. The average Bonchev–Trinajstić information content (AvgIpc) is 2.40. The van der Waals surface area contributed by atoms with E-state index in [1.54, 1.807) is 0 Å². The summed E-state index contributed by atoms with van der Waals surface area (Å²) >= 11 is 5.98. The SMILES string of the molecule is [2H]C([2H])([2H])n1nc(Br)c(C(=O)OC)c1Br. The minimum atomic E-state index is -2.45. The van der Waals surface area contributed by atoms with Crippen molar-refractivity contribution in [2.45, 2.75) is 0 Å². The molecule has 0 amide bonds. The third-order valence-corrected chi connectivity index (χ3v) is 2.46. The van der Waals surface area contributed by atoms with Gasteiger partial charge in [0.15, 0.2) is 0 Å². The van der Waals surface area contributed by atoms with Gasteiger partial charge in [-0.15, -0.1) is 0 Å². The largest absolute Gasteiger partial charge is 0.465 e. The molecule has 0 bridgehead atoms. The summed E-state index contributed by atoms with van der Waals surface area (Å²) in [5.74, 6) is -0.663. The van der Waals surface area contributed by atoms with E-state index in [4.69, 9.17) is 4.11 Å². The number of carbonyl (C=O) groups is 1.